The Kier molecular flexibility index (Phi) is 6.73. The lowest BCUT2D eigenvalue weighted by atomic mass is 9.98. The number of carbonyl (C=O) groups excluding carboxylic acids is 2. The molecule has 1 aromatic rings. The minimum absolute atomic E-state index is 0.0161. The van der Waals surface area contributed by atoms with Gasteiger partial charge in [-0.1, -0.05) is 25.7 Å². The van der Waals surface area contributed by atoms with Crippen LogP contribution in [0.1, 0.15) is 44.9 Å². The van der Waals surface area contributed by atoms with Crippen molar-refractivity contribution >= 4 is 35.1 Å². The number of pyridine rings is 1. The highest BCUT2D eigenvalue weighted by molar-refractivity contribution is 6.08. The number of hydrogen-bond acceptors (Lipinski definition) is 8. The molecule has 2 bridgehead atoms. The lowest BCUT2D eigenvalue weighted by Crippen LogP contribution is -2.46. The predicted molar refractivity (Wildman–Crippen MR) is 148 cm³/mol. The molecule has 2 atom stereocenters. The number of likely N-dealkylation sites (N-methyl/N-ethyl adjacent to an activating group) is 1. The van der Waals surface area contributed by atoms with Crippen LogP contribution in [0.4, 0.5) is 11.5 Å². The van der Waals surface area contributed by atoms with Crippen molar-refractivity contribution in [1.29, 1.82) is 0 Å². The van der Waals surface area contributed by atoms with Crippen LogP contribution >= 0.6 is 0 Å². The fraction of sp³-hybridized carbons (Fsp3) is 0.536. The largest absolute Gasteiger partial charge is 0.343 e. The zero-order chi connectivity index (χ0) is 26.2. The van der Waals surface area contributed by atoms with Gasteiger partial charge < -0.3 is 25.3 Å². The highest BCUT2D eigenvalue weighted by Gasteiger charge is 2.43. The molecule has 3 fully saturated rings. The number of rotatable bonds is 4. The maximum Gasteiger partial charge on any atom is 0.270 e. The van der Waals surface area contributed by atoms with E-state index in [1.54, 1.807) is 31.4 Å². The molecule has 6 rings (SSSR count). The molecular formula is C28H36N8O2. The van der Waals surface area contributed by atoms with E-state index in [4.69, 9.17) is 4.99 Å². The van der Waals surface area contributed by atoms with Gasteiger partial charge in [0.2, 0.25) is 11.9 Å². The summed E-state index contributed by atoms with van der Waals surface area (Å²) in [5.74, 6) is 2.51. The third-order valence-electron chi connectivity index (χ3n) is 8.26. The van der Waals surface area contributed by atoms with Gasteiger partial charge in [0, 0.05) is 58.3 Å². The van der Waals surface area contributed by atoms with Crippen LogP contribution in [0.2, 0.25) is 0 Å². The minimum atomic E-state index is -0.0161. The van der Waals surface area contributed by atoms with Gasteiger partial charge in [0.25, 0.3) is 5.91 Å². The highest BCUT2D eigenvalue weighted by atomic mass is 16.2. The minimum Gasteiger partial charge on any atom is -0.343 e. The molecule has 4 aliphatic heterocycles. The lowest BCUT2D eigenvalue weighted by Gasteiger charge is -2.38. The van der Waals surface area contributed by atoms with E-state index >= 15 is 0 Å². The van der Waals surface area contributed by atoms with E-state index in [2.05, 4.69) is 25.5 Å². The van der Waals surface area contributed by atoms with Gasteiger partial charge in [-0.15, -0.1) is 0 Å². The summed E-state index contributed by atoms with van der Waals surface area (Å²) in [6.45, 7) is 2.39. The van der Waals surface area contributed by atoms with E-state index in [0.29, 0.717) is 29.8 Å². The monoisotopic (exact) mass is 516 g/mol. The van der Waals surface area contributed by atoms with E-state index in [0.717, 1.165) is 62.4 Å². The molecule has 0 spiro atoms. The van der Waals surface area contributed by atoms with E-state index in [9.17, 15) is 9.59 Å². The zero-order valence-corrected chi connectivity index (χ0v) is 22.2. The SMILES string of the molecule is CN(C)C(=O)C1=CC2=CN=C(Nc3ccc(N4CC5CNCC5C4=O)cn3)N=C(C2)N1C1CCCCCC1. The molecule has 1 aliphatic carbocycles. The van der Waals surface area contributed by atoms with Gasteiger partial charge in [-0.2, -0.15) is 4.99 Å². The number of anilines is 2. The van der Waals surface area contributed by atoms with Crippen LogP contribution in [-0.4, -0.2) is 78.2 Å². The molecule has 2 saturated heterocycles. The molecule has 1 aromatic heterocycles. The number of hydrogen-bond donors (Lipinski definition) is 2. The molecule has 2 amide bonds. The van der Waals surface area contributed by atoms with Gasteiger partial charge in [-0.3, -0.25) is 9.59 Å². The third-order valence-corrected chi connectivity index (χ3v) is 8.26. The Balaban J connectivity index is 1.23. The Hall–Kier alpha value is -3.53. The predicted octanol–water partition coefficient (Wildman–Crippen LogP) is 2.73. The number of aromatic nitrogens is 1. The van der Waals surface area contributed by atoms with Gasteiger partial charge in [0.15, 0.2) is 0 Å². The van der Waals surface area contributed by atoms with E-state index in [-0.39, 0.29) is 23.8 Å². The summed E-state index contributed by atoms with van der Waals surface area (Å²) in [7, 11) is 3.58. The Morgan fingerprint density at radius 3 is 2.66 bits per heavy atom. The molecule has 2 N–H and O–H groups in total. The molecule has 0 aromatic carbocycles. The van der Waals surface area contributed by atoms with E-state index < -0.39 is 0 Å². The Morgan fingerprint density at radius 2 is 1.95 bits per heavy atom. The number of amides is 2. The summed E-state index contributed by atoms with van der Waals surface area (Å²) in [4.78, 5) is 45.8. The van der Waals surface area contributed by atoms with Crippen molar-refractivity contribution in [2.24, 2.45) is 21.8 Å². The van der Waals surface area contributed by atoms with Crippen LogP contribution < -0.4 is 15.5 Å². The van der Waals surface area contributed by atoms with Crippen LogP contribution in [0.15, 0.2) is 51.9 Å². The van der Waals surface area contributed by atoms with Crippen molar-refractivity contribution in [3.05, 3.63) is 41.9 Å². The Labute approximate surface area is 223 Å². The highest BCUT2D eigenvalue weighted by Crippen LogP contribution is 2.33. The van der Waals surface area contributed by atoms with Crippen LogP contribution in [0, 0.1) is 11.8 Å². The van der Waals surface area contributed by atoms with Crippen LogP contribution in [0.3, 0.4) is 0 Å². The summed E-state index contributed by atoms with van der Waals surface area (Å²) in [5, 5.41) is 6.57. The first-order valence-electron chi connectivity index (χ1n) is 13.8. The molecule has 0 radical (unpaired) electrons. The topological polar surface area (TPSA) is 106 Å². The van der Waals surface area contributed by atoms with Gasteiger partial charge in [-0.25, -0.2) is 9.98 Å². The second-order valence-electron chi connectivity index (χ2n) is 11.1. The number of guanidine groups is 1. The van der Waals surface area contributed by atoms with E-state index in [1.165, 1.54) is 12.8 Å². The summed E-state index contributed by atoms with van der Waals surface area (Å²) in [5.41, 5.74) is 2.46. The standard InChI is InChI=1S/C28H36N8O2/c1-34(2)27(38)23-11-18-12-25(36(23)20-7-5-3-4-6-8-20)33-28(31-13-18)32-24-10-9-21(15-30-24)35-17-19-14-29-16-22(19)26(35)37/h9-11,13,15,19-20,22,29H,3-8,12,14,16-17H2,1-2H3,(H,30,31,32). The smallest absolute Gasteiger partial charge is 0.270 e. The first kappa shape index (κ1) is 24.8. The normalized spacial score (nSPS) is 25.6. The molecule has 10 heteroatoms. The number of nitrogens with one attached hydrogen (secondary N) is 2. The fourth-order valence-corrected chi connectivity index (χ4v) is 6.26. The third kappa shape index (κ3) is 4.73. The molecule has 10 nitrogen and oxygen atoms in total. The van der Waals surface area contributed by atoms with Crippen molar-refractivity contribution < 1.29 is 9.59 Å². The van der Waals surface area contributed by atoms with Gasteiger partial charge >= 0.3 is 0 Å². The number of carbonyl (C=O) groups is 2. The van der Waals surface area contributed by atoms with Crippen molar-refractivity contribution in [3.8, 4) is 0 Å². The number of fused-ring (bicyclic) bond motifs is 3. The molecule has 200 valence electrons. The quantitative estimate of drug-likeness (QED) is 0.597. The summed E-state index contributed by atoms with van der Waals surface area (Å²) in [6.07, 6.45) is 13.0. The summed E-state index contributed by atoms with van der Waals surface area (Å²) >= 11 is 0. The molecular weight excluding hydrogens is 480 g/mol. The number of nitrogens with zero attached hydrogens (tertiary/aromatic N) is 6. The van der Waals surface area contributed by atoms with Crippen LogP contribution in [-0.2, 0) is 9.59 Å². The summed E-state index contributed by atoms with van der Waals surface area (Å²) < 4.78 is 0. The summed E-state index contributed by atoms with van der Waals surface area (Å²) in [6, 6.07) is 4.04. The van der Waals surface area contributed by atoms with Crippen molar-refractivity contribution in [2.45, 2.75) is 51.0 Å². The molecule has 5 heterocycles. The Morgan fingerprint density at radius 1 is 1.13 bits per heavy atom. The second-order valence-corrected chi connectivity index (χ2v) is 11.1. The van der Waals surface area contributed by atoms with Crippen molar-refractivity contribution in [1.82, 2.24) is 20.1 Å². The molecule has 2 unspecified atom stereocenters. The number of allylic oxidation sites excluding steroid dienone is 1. The first-order valence-corrected chi connectivity index (χ1v) is 13.8. The lowest BCUT2D eigenvalue weighted by molar-refractivity contribution is -0.126. The average Bonchev–Trinajstić information content (AvgIpc) is 3.32. The Bertz CT molecular complexity index is 1220. The van der Waals surface area contributed by atoms with Crippen molar-refractivity contribution in [3.63, 3.8) is 0 Å². The second kappa shape index (κ2) is 10.3. The fourth-order valence-electron chi connectivity index (χ4n) is 6.26. The molecule has 38 heavy (non-hydrogen) atoms. The first-order chi connectivity index (χ1) is 18.5. The molecule has 5 aliphatic rings. The zero-order valence-electron chi connectivity index (χ0n) is 22.2. The number of aliphatic imine (C=N–C) groups is 2. The van der Waals surface area contributed by atoms with E-state index in [1.807, 2.05) is 23.1 Å². The average molecular weight is 517 g/mol. The number of amidine groups is 1. The van der Waals surface area contributed by atoms with Gasteiger partial charge in [0.05, 0.1) is 17.8 Å². The maximum absolute atomic E-state index is 13.2. The van der Waals surface area contributed by atoms with Gasteiger partial charge in [0.1, 0.15) is 17.4 Å². The van der Waals surface area contributed by atoms with Crippen LogP contribution in [0.25, 0.3) is 0 Å². The van der Waals surface area contributed by atoms with Crippen LogP contribution in [0.5, 0.6) is 0 Å². The molecule has 1 saturated carbocycles. The maximum atomic E-state index is 13.2. The van der Waals surface area contributed by atoms with Gasteiger partial charge in [-0.05, 0) is 36.6 Å². The van der Waals surface area contributed by atoms with Crippen molar-refractivity contribution in [2.75, 3.05) is 43.9 Å².